The maximum Gasteiger partial charge on any atom is 0.264 e. The van der Waals surface area contributed by atoms with Gasteiger partial charge >= 0.3 is 0 Å². The van der Waals surface area contributed by atoms with E-state index >= 15 is 0 Å². The summed E-state index contributed by atoms with van der Waals surface area (Å²) in [5.41, 5.74) is 0.562. The SMILES string of the molecule is CCNC(=O)C(CC)N(Cc1c(Cl)cccc1Cl)C(=O)CN(c1ccc(Cl)c(Cl)c1)S(=O)(=O)c1ccccc1. The lowest BCUT2D eigenvalue weighted by Gasteiger charge is -2.33. The van der Waals surface area contributed by atoms with Gasteiger partial charge in [0.1, 0.15) is 12.6 Å². The van der Waals surface area contributed by atoms with Crippen LogP contribution in [0.2, 0.25) is 20.1 Å². The van der Waals surface area contributed by atoms with Crippen LogP contribution in [0.3, 0.4) is 0 Å². The molecule has 0 aliphatic rings. The minimum Gasteiger partial charge on any atom is -0.355 e. The summed E-state index contributed by atoms with van der Waals surface area (Å²) in [6.07, 6.45) is 0.262. The van der Waals surface area contributed by atoms with Crippen molar-refractivity contribution in [1.29, 1.82) is 0 Å². The molecule has 0 saturated carbocycles. The molecular formula is C27H27Cl4N3O4S. The van der Waals surface area contributed by atoms with Gasteiger partial charge in [0.2, 0.25) is 11.8 Å². The van der Waals surface area contributed by atoms with E-state index in [0.29, 0.717) is 22.2 Å². The van der Waals surface area contributed by atoms with Gasteiger partial charge in [-0.15, -0.1) is 0 Å². The van der Waals surface area contributed by atoms with Gasteiger partial charge in [-0.2, -0.15) is 0 Å². The van der Waals surface area contributed by atoms with Gasteiger partial charge in [-0.3, -0.25) is 13.9 Å². The molecule has 0 radical (unpaired) electrons. The van der Waals surface area contributed by atoms with E-state index in [9.17, 15) is 18.0 Å². The van der Waals surface area contributed by atoms with Crippen LogP contribution in [0.15, 0.2) is 71.6 Å². The van der Waals surface area contributed by atoms with Gasteiger partial charge in [0.05, 0.1) is 20.6 Å². The fraction of sp³-hybridized carbons (Fsp3) is 0.259. The van der Waals surface area contributed by atoms with Gasteiger partial charge in [0, 0.05) is 28.7 Å². The Bertz CT molecular complexity index is 1420. The third-order valence-electron chi connectivity index (χ3n) is 5.93. The van der Waals surface area contributed by atoms with Crippen molar-refractivity contribution >= 4 is 73.9 Å². The fourth-order valence-electron chi connectivity index (χ4n) is 3.95. The predicted molar refractivity (Wildman–Crippen MR) is 157 cm³/mol. The average molecular weight is 631 g/mol. The first-order valence-electron chi connectivity index (χ1n) is 12.0. The summed E-state index contributed by atoms with van der Waals surface area (Å²) in [4.78, 5) is 28.3. The lowest BCUT2D eigenvalue weighted by atomic mass is 10.1. The number of hydrogen-bond donors (Lipinski definition) is 1. The normalized spacial score (nSPS) is 12.1. The van der Waals surface area contributed by atoms with E-state index in [0.717, 1.165) is 4.31 Å². The van der Waals surface area contributed by atoms with Crippen molar-refractivity contribution in [1.82, 2.24) is 10.2 Å². The van der Waals surface area contributed by atoms with E-state index in [-0.39, 0.29) is 39.5 Å². The first-order valence-corrected chi connectivity index (χ1v) is 15.0. The number of nitrogens with one attached hydrogen (secondary N) is 1. The highest BCUT2D eigenvalue weighted by molar-refractivity contribution is 7.92. The van der Waals surface area contributed by atoms with E-state index in [4.69, 9.17) is 46.4 Å². The Morgan fingerprint density at radius 3 is 2.05 bits per heavy atom. The lowest BCUT2D eigenvalue weighted by Crippen LogP contribution is -2.52. The Morgan fingerprint density at radius 2 is 1.49 bits per heavy atom. The summed E-state index contributed by atoms with van der Waals surface area (Å²) >= 11 is 25.1. The lowest BCUT2D eigenvalue weighted by molar-refractivity contribution is -0.140. The summed E-state index contributed by atoms with van der Waals surface area (Å²) in [5, 5.41) is 3.70. The number of likely N-dealkylation sites (N-methyl/N-ethyl adjacent to an activating group) is 1. The molecule has 1 unspecified atom stereocenters. The zero-order chi connectivity index (χ0) is 28.7. The first kappa shape index (κ1) is 31.0. The number of halogens is 4. The van der Waals surface area contributed by atoms with Crippen molar-refractivity contribution in [3.05, 3.63) is 92.4 Å². The van der Waals surface area contributed by atoms with Crippen LogP contribution >= 0.6 is 46.4 Å². The summed E-state index contributed by atoms with van der Waals surface area (Å²) in [5.74, 6) is -1.03. The molecule has 3 aromatic rings. The molecule has 1 N–H and O–H groups in total. The van der Waals surface area contributed by atoms with Crippen molar-refractivity contribution < 1.29 is 18.0 Å². The number of nitrogens with zero attached hydrogens (tertiary/aromatic N) is 2. The molecule has 0 saturated heterocycles. The highest BCUT2D eigenvalue weighted by Crippen LogP contribution is 2.32. The average Bonchev–Trinajstić information content (AvgIpc) is 2.91. The van der Waals surface area contributed by atoms with Gasteiger partial charge in [0.15, 0.2) is 0 Å². The van der Waals surface area contributed by atoms with Crippen molar-refractivity contribution in [3.63, 3.8) is 0 Å². The number of anilines is 1. The molecule has 0 aliphatic heterocycles. The molecule has 3 aromatic carbocycles. The monoisotopic (exact) mass is 629 g/mol. The molecule has 1 atom stereocenters. The molecule has 0 spiro atoms. The standard InChI is InChI=1S/C27H27Cl4N3O4S/c1-3-25(27(36)32-4-2)33(16-20-21(28)11-8-12-22(20)29)26(35)17-34(18-13-14-23(30)24(31)15-18)39(37,38)19-9-6-5-7-10-19/h5-15,25H,3-4,16-17H2,1-2H3,(H,32,36). The van der Waals surface area contributed by atoms with Gasteiger partial charge < -0.3 is 10.2 Å². The molecule has 0 fully saturated rings. The molecule has 208 valence electrons. The third kappa shape index (κ3) is 7.38. The van der Waals surface area contributed by atoms with E-state index < -0.39 is 28.5 Å². The number of hydrogen-bond acceptors (Lipinski definition) is 4. The van der Waals surface area contributed by atoms with Crippen LogP contribution in [0.4, 0.5) is 5.69 Å². The zero-order valence-corrected chi connectivity index (χ0v) is 25.0. The second-order valence-corrected chi connectivity index (χ2v) is 12.0. The van der Waals surface area contributed by atoms with Gasteiger partial charge in [-0.25, -0.2) is 8.42 Å². The van der Waals surface area contributed by atoms with Crippen LogP contribution in [0.5, 0.6) is 0 Å². The minimum atomic E-state index is -4.23. The molecule has 0 heterocycles. The summed E-state index contributed by atoms with van der Waals surface area (Å²) in [6.45, 7) is 3.12. The van der Waals surface area contributed by atoms with Crippen molar-refractivity contribution in [3.8, 4) is 0 Å². The van der Waals surface area contributed by atoms with Crippen LogP contribution in [-0.2, 0) is 26.2 Å². The smallest absolute Gasteiger partial charge is 0.264 e. The largest absolute Gasteiger partial charge is 0.355 e. The summed E-state index contributed by atoms with van der Waals surface area (Å²) < 4.78 is 28.5. The molecule has 3 rings (SSSR count). The van der Waals surface area contributed by atoms with Crippen molar-refractivity contribution in [2.75, 3.05) is 17.4 Å². The second-order valence-electron chi connectivity index (χ2n) is 8.46. The number of benzene rings is 3. The third-order valence-corrected chi connectivity index (χ3v) is 9.16. The molecule has 39 heavy (non-hydrogen) atoms. The van der Waals surface area contributed by atoms with Gasteiger partial charge in [-0.05, 0) is 55.8 Å². The fourth-order valence-corrected chi connectivity index (χ4v) is 6.19. The quantitative estimate of drug-likeness (QED) is 0.264. The Balaban J connectivity index is 2.11. The Labute approximate surface area is 248 Å². The number of carbonyl (C=O) groups is 2. The van der Waals surface area contributed by atoms with Crippen LogP contribution < -0.4 is 9.62 Å². The molecule has 0 bridgehead atoms. The van der Waals surface area contributed by atoms with Crippen molar-refractivity contribution in [2.24, 2.45) is 0 Å². The van der Waals surface area contributed by atoms with Gasteiger partial charge in [-0.1, -0.05) is 77.6 Å². The number of rotatable bonds is 11. The highest BCUT2D eigenvalue weighted by Gasteiger charge is 2.34. The minimum absolute atomic E-state index is 0.0275. The topological polar surface area (TPSA) is 86.8 Å². The summed E-state index contributed by atoms with van der Waals surface area (Å²) in [7, 11) is -4.23. The van der Waals surface area contributed by atoms with E-state index in [1.165, 1.54) is 35.2 Å². The van der Waals surface area contributed by atoms with Gasteiger partial charge in [0.25, 0.3) is 10.0 Å². The first-order chi connectivity index (χ1) is 18.5. The number of sulfonamides is 1. The van der Waals surface area contributed by atoms with Crippen LogP contribution in [0.25, 0.3) is 0 Å². The number of carbonyl (C=O) groups excluding carboxylic acids is 2. The highest BCUT2D eigenvalue weighted by atomic mass is 35.5. The van der Waals surface area contributed by atoms with Crippen molar-refractivity contribution in [2.45, 2.75) is 37.8 Å². The molecule has 7 nitrogen and oxygen atoms in total. The number of amides is 2. The van der Waals surface area contributed by atoms with Crippen LogP contribution in [-0.4, -0.2) is 44.3 Å². The van der Waals surface area contributed by atoms with Crippen LogP contribution in [0, 0.1) is 0 Å². The molecule has 0 aromatic heterocycles. The predicted octanol–water partition coefficient (Wildman–Crippen LogP) is 6.44. The Morgan fingerprint density at radius 1 is 0.846 bits per heavy atom. The van der Waals surface area contributed by atoms with E-state index in [1.54, 1.807) is 50.2 Å². The van der Waals surface area contributed by atoms with Crippen LogP contribution in [0.1, 0.15) is 25.8 Å². The Hall–Kier alpha value is -2.49. The molecule has 2 amide bonds. The zero-order valence-electron chi connectivity index (χ0n) is 21.2. The molecule has 0 aliphatic carbocycles. The maximum atomic E-state index is 14.0. The Kier molecular flexibility index (Phi) is 10.9. The molecule has 12 heteroatoms. The van der Waals surface area contributed by atoms with E-state index in [2.05, 4.69) is 5.32 Å². The second kappa shape index (κ2) is 13.7. The molecular weight excluding hydrogens is 604 g/mol. The summed E-state index contributed by atoms with van der Waals surface area (Å²) in [6, 6.07) is 16.0. The maximum absolute atomic E-state index is 14.0. The van der Waals surface area contributed by atoms with E-state index in [1.807, 2.05) is 0 Å².